The van der Waals surface area contributed by atoms with Gasteiger partial charge in [0.15, 0.2) is 0 Å². The van der Waals surface area contributed by atoms with Crippen molar-refractivity contribution in [2.75, 3.05) is 14.1 Å². The van der Waals surface area contributed by atoms with Crippen molar-refractivity contribution in [3.8, 4) is 0 Å². The largest absolute Gasteiger partial charge is 2.00 e. The van der Waals surface area contributed by atoms with Gasteiger partial charge in [-0.2, -0.15) is 0 Å². The maximum atomic E-state index is 11.9. The number of rotatable bonds is 4. The van der Waals surface area contributed by atoms with Crippen LogP contribution in [0.1, 0.15) is 32.6 Å². The van der Waals surface area contributed by atoms with Crippen molar-refractivity contribution in [3.63, 3.8) is 0 Å². The Morgan fingerprint density at radius 2 is 1.67 bits per heavy atom. The summed E-state index contributed by atoms with van der Waals surface area (Å²) in [4.78, 5) is 15.9. The summed E-state index contributed by atoms with van der Waals surface area (Å²) in [5, 5.41) is 0. The van der Waals surface area contributed by atoms with Crippen molar-refractivity contribution >= 4 is 20.7 Å². The summed E-state index contributed by atoms with van der Waals surface area (Å²) < 4.78 is 0. The first kappa shape index (κ1) is 22.7. The zero-order valence-electron chi connectivity index (χ0n) is 14.7. The minimum Gasteiger partial charge on any atom is -0.0312 e. The molecule has 0 bridgehead atoms. The van der Waals surface area contributed by atoms with E-state index in [0.29, 0.717) is 31.6 Å². The van der Waals surface area contributed by atoms with E-state index < -0.39 is 0 Å². The molecule has 0 aliphatic heterocycles. The van der Waals surface area contributed by atoms with Gasteiger partial charge in [-0.1, -0.05) is 0 Å². The van der Waals surface area contributed by atoms with Crippen molar-refractivity contribution in [2.24, 2.45) is 0 Å². The summed E-state index contributed by atoms with van der Waals surface area (Å²) in [7, 11) is 4.22. The van der Waals surface area contributed by atoms with E-state index in [0.717, 1.165) is 19.3 Å². The molecule has 3 aliphatic carbocycles. The van der Waals surface area contributed by atoms with Crippen LogP contribution in [0.3, 0.4) is 0 Å². The van der Waals surface area contributed by atoms with Crippen LogP contribution in [-0.4, -0.2) is 45.8 Å². The second-order valence-electron chi connectivity index (χ2n) is 6.27. The van der Waals surface area contributed by atoms with Gasteiger partial charge in [0.2, 0.25) is 0 Å². The minimum absolute atomic E-state index is 0. The molecule has 0 aromatic heterocycles. The number of carbonyl (C=O) groups is 1. The Labute approximate surface area is 166 Å². The quantitative estimate of drug-likeness (QED) is 0.636. The number of nitrogens with zero attached hydrogens (tertiary/aromatic N) is 1. The van der Waals surface area contributed by atoms with Crippen LogP contribution in [-0.2, 0) is 21.9 Å². The van der Waals surface area contributed by atoms with Crippen LogP contribution in [0.5, 0.6) is 0 Å². The summed E-state index contributed by atoms with van der Waals surface area (Å²) in [5.41, 5.74) is 0. The number of hydrogen-bond donors (Lipinski definition) is 0. The average molecular weight is 432 g/mol. The predicted octanol–water partition coefficient (Wildman–Crippen LogP) is 3.32. The number of Topliss-reactive ketones (excluding diaryl/α,β-unsaturated/α-hetero) is 1. The number of hydrogen-bond acceptors (Lipinski definition) is 2. The molecule has 2 nitrogen and oxygen atoms in total. The van der Waals surface area contributed by atoms with Crippen LogP contribution < -0.4 is 0 Å². The average Bonchev–Trinajstić information content (AvgIpc) is 3.23. The Hall–Kier alpha value is 0.669. The molecule has 0 N–H and O–H groups in total. The Morgan fingerprint density at radius 1 is 1.04 bits per heavy atom. The van der Waals surface area contributed by atoms with Gasteiger partial charge >= 0.3 is 135 Å². The normalized spacial score (nSPS) is 26.8. The van der Waals surface area contributed by atoms with Gasteiger partial charge in [-0.15, -0.1) is 0 Å². The Morgan fingerprint density at radius 3 is 2.21 bits per heavy atom. The molecular weight excluding hydrogens is 405 g/mol. The SMILES string of the molecule is C[C@H]([C]1[CH][CH][CH][C]1[Se]C1CCCCC1=O)N(C)C.[CH]1[CH][CH][CH][CH]1.[Fe+2]. The van der Waals surface area contributed by atoms with E-state index in [-0.39, 0.29) is 17.1 Å². The zero-order valence-corrected chi connectivity index (χ0v) is 17.5. The van der Waals surface area contributed by atoms with Crippen molar-refractivity contribution in [1.82, 2.24) is 4.90 Å². The molecule has 0 aromatic carbocycles. The summed E-state index contributed by atoms with van der Waals surface area (Å²) >= 11 is 0.320. The first-order valence-corrected chi connectivity index (χ1v) is 10.2. The van der Waals surface area contributed by atoms with Gasteiger partial charge < -0.3 is 0 Å². The summed E-state index contributed by atoms with van der Waals surface area (Å²) in [6.07, 6.45) is 20.8. The zero-order chi connectivity index (χ0) is 16.7. The molecule has 0 heterocycles. The van der Waals surface area contributed by atoms with Gasteiger partial charge in [0.05, 0.1) is 0 Å². The number of ketones is 1. The molecule has 10 radical (unpaired) electrons. The van der Waals surface area contributed by atoms with E-state index in [9.17, 15) is 4.79 Å². The van der Waals surface area contributed by atoms with Crippen molar-refractivity contribution in [2.45, 2.75) is 43.5 Å². The molecular formula is C20H27FeNOSe+2. The summed E-state index contributed by atoms with van der Waals surface area (Å²) in [6.45, 7) is 2.23. The van der Waals surface area contributed by atoms with Crippen molar-refractivity contribution in [3.05, 3.63) is 62.1 Å². The third-order valence-electron chi connectivity index (χ3n) is 4.36. The molecule has 0 saturated heterocycles. The summed E-state index contributed by atoms with van der Waals surface area (Å²) in [6, 6.07) is 0.440. The maximum Gasteiger partial charge on any atom is 2.00 e. The van der Waals surface area contributed by atoms with Crippen molar-refractivity contribution < 1.29 is 21.9 Å². The van der Waals surface area contributed by atoms with Gasteiger partial charge in [-0.25, -0.2) is 0 Å². The van der Waals surface area contributed by atoms with Crippen LogP contribution in [0.25, 0.3) is 0 Å². The van der Waals surface area contributed by atoms with Crippen LogP contribution in [0.4, 0.5) is 0 Å². The second kappa shape index (κ2) is 12.1. The minimum atomic E-state index is 0. The molecule has 4 heteroatoms. The molecule has 0 aromatic rings. The molecule has 3 saturated carbocycles. The van der Waals surface area contributed by atoms with Gasteiger partial charge in [0.1, 0.15) is 0 Å². The second-order valence-corrected chi connectivity index (χ2v) is 8.88. The fraction of sp³-hybridized carbons (Fsp3) is 0.450. The molecule has 3 aliphatic rings. The summed E-state index contributed by atoms with van der Waals surface area (Å²) in [5.74, 6) is 1.92. The van der Waals surface area contributed by atoms with Crippen LogP contribution in [0.2, 0.25) is 4.82 Å². The fourth-order valence-corrected chi connectivity index (χ4v) is 5.58. The van der Waals surface area contributed by atoms with E-state index >= 15 is 0 Å². The Balaban J connectivity index is 0.000000412. The van der Waals surface area contributed by atoms with Crippen molar-refractivity contribution in [1.29, 1.82) is 0 Å². The van der Waals surface area contributed by atoms with E-state index in [4.69, 9.17) is 0 Å². The van der Waals surface area contributed by atoms with Crippen LogP contribution >= 0.6 is 0 Å². The third kappa shape index (κ3) is 7.12. The molecule has 2 atom stereocenters. The van der Waals surface area contributed by atoms with Gasteiger partial charge in [0, 0.05) is 0 Å². The van der Waals surface area contributed by atoms with E-state index in [1.165, 1.54) is 17.2 Å². The molecule has 0 amide bonds. The van der Waals surface area contributed by atoms with E-state index in [1.807, 2.05) is 32.1 Å². The van der Waals surface area contributed by atoms with E-state index in [1.54, 1.807) is 0 Å². The topological polar surface area (TPSA) is 20.3 Å². The fourth-order valence-electron chi connectivity index (χ4n) is 2.70. The molecule has 0 spiro atoms. The first-order chi connectivity index (χ1) is 11.1. The molecule has 1 unspecified atom stereocenters. The van der Waals surface area contributed by atoms with Gasteiger partial charge in [0.25, 0.3) is 0 Å². The van der Waals surface area contributed by atoms with Gasteiger partial charge in [-0.05, 0) is 32.1 Å². The molecule has 3 rings (SSSR count). The molecule has 24 heavy (non-hydrogen) atoms. The predicted molar refractivity (Wildman–Crippen MR) is 97.0 cm³/mol. The molecule has 130 valence electrons. The van der Waals surface area contributed by atoms with Crippen LogP contribution in [0, 0.1) is 62.1 Å². The Kier molecular flexibility index (Phi) is 11.5. The number of carbonyl (C=O) groups excluding carboxylic acids is 1. The molecule has 3 fully saturated rings. The Bertz CT molecular complexity index is 352. The monoisotopic (exact) mass is 433 g/mol. The smallest absolute Gasteiger partial charge is 0.0312 e. The maximum absolute atomic E-state index is 11.9. The third-order valence-corrected chi connectivity index (χ3v) is 7.31. The van der Waals surface area contributed by atoms with E-state index in [2.05, 4.69) is 45.2 Å². The standard InChI is InChI=1S/C15H22NOSe.C5H5.Fe/c1-11(16(2)3)12-7-6-10-14(12)18-15-9-5-4-8-13(15)17;1-2-4-5-3-1;/h6-7,10-11,15H,4-5,8-9H2,1-3H3;1-5H;/q;;+2/t11-,15?;;/m1../s1. The van der Waals surface area contributed by atoms with Crippen LogP contribution in [0.15, 0.2) is 0 Å². The first-order valence-electron chi connectivity index (χ1n) is 8.37. The van der Waals surface area contributed by atoms with Gasteiger partial charge in [-0.3, -0.25) is 0 Å².